The lowest BCUT2D eigenvalue weighted by Gasteiger charge is -2.23. The van der Waals surface area contributed by atoms with Gasteiger partial charge >= 0.3 is 5.97 Å². The molecule has 1 N–H and O–H groups in total. The number of carbonyl (C=O) groups is 2. The number of nitrogens with zero attached hydrogens (tertiary/aromatic N) is 1. The van der Waals surface area contributed by atoms with Gasteiger partial charge < -0.3 is 14.7 Å². The molecule has 0 aromatic rings. The van der Waals surface area contributed by atoms with Gasteiger partial charge in [0.25, 0.3) is 0 Å². The summed E-state index contributed by atoms with van der Waals surface area (Å²) in [7, 11) is 0. The first-order valence-corrected chi connectivity index (χ1v) is 7.23. The SMILES string of the molecule is CCOC(=O)C1(C(=O)N2CC3CCC(O)C3C2)CC1. The number of aliphatic hydroxyl groups is 1. The van der Waals surface area contributed by atoms with E-state index in [0.29, 0.717) is 38.5 Å². The number of amides is 1. The van der Waals surface area contributed by atoms with Gasteiger partial charge in [-0.25, -0.2) is 0 Å². The van der Waals surface area contributed by atoms with Crippen molar-refractivity contribution in [1.82, 2.24) is 4.90 Å². The zero-order valence-electron chi connectivity index (χ0n) is 11.3. The Hall–Kier alpha value is -1.10. The highest BCUT2D eigenvalue weighted by Gasteiger charge is 2.60. The maximum atomic E-state index is 12.5. The highest BCUT2D eigenvalue weighted by Crippen LogP contribution is 2.50. The summed E-state index contributed by atoms with van der Waals surface area (Å²) in [6.45, 7) is 3.38. The molecule has 3 unspecified atom stereocenters. The van der Waals surface area contributed by atoms with Crippen LogP contribution in [-0.4, -0.2) is 47.7 Å². The Balaban J connectivity index is 1.67. The Labute approximate surface area is 112 Å². The fourth-order valence-corrected chi connectivity index (χ4v) is 3.60. The summed E-state index contributed by atoms with van der Waals surface area (Å²) in [5, 5.41) is 9.88. The van der Waals surface area contributed by atoms with Crippen LogP contribution in [0.1, 0.15) is 32.6 Å². The summed E-state index contributed by atoms with van der Waals surface area (Å²) in [5.41, 5.74) is -0.889. The lowest BCUT2D eigenvalue weighted by molar-refractivity contribution is -0.157. The summed E-state index contributed by atoms with van der Waals surface area (Å²) in [5.74, 6) is 0.184. The number of carbonyl (C=O) groups excluding carboxylic acids is 2. The van der Waals surface area contributed by atoms with Crippen molar-refractivity contribution >= 4 is 11.9 Å². The van der Waals surface area contributed by atoms with E-state index in [2.05, 4.69) is 0 Å². The third-order valence-electron chi connectivity index (χ3n) is 4.93. The molecule has 3 aliphatic rings. The molecule has 0 aromatic heterocycles. The molecule has 1 aliphatic heterocycles. The molecule has 2 saturated carbocycles. The van der Waals surface area contributed by atoms with Gasteiger partial charge in [-0.3, -0.25) is 9.59 Å². The largest absolute Gasteiger partial charge is 0.465 e. The van der Waals surface area contributed by atoms with Crippen molar-refractivity contribution in [1.29, 1.82) is 0 Å². The average molecular weight is 267 g/mol. The van der Waals surface area contributed by atoms with Crippen molar-refractivity contribution < 1.29 is 19.4 Å². The Morgan fingerprint density at radius 1 is 1.32 bits per heavy atom. The molecule has 1 amide bonds. The standard InChI is InChI=1S/C14H21NO4/c1-2-19-13(18)14(5-6-14)12(17)15-7-9-3-4-11(16)10(9)8-15/h9-11,16H,2-8H2,1H3. The first-order valence-electron chi connectivity index (χ1n) is 7.23. The minimum absolute atomic E-state index is 0.0763. The van der Waals surface area contributed by atoms with E-state index in [4.69, 9.17) is 4.74 Å². The van der Waals surface area contributed by atoms with Crippen LogP contribution < -0.4 is 0 Å². The molecule has 3 atom stereocenters. The maximum Gasteiger partial charge on any atom is 0.321 e. The van der Waals surface area contributed by atoms with Crippen LogP contribution in [-0.2, 0) is 14.3 Å². The predicted molar refractivity (Wildman–Crippen MR) is 67.1 cm³/mol. The van der Waals surface area contributed by atoms with Crippen molar-refractivity contribution in [2.45, 2.75) is 38.7 Å². The number of esters is 1. The van der Waals surface area contributed by atoms with E-state index in [-0.39, 0.29) is 23.9 Å². The van der Waals surface area contributed by atoms with E-state index in [1.807, 2.05) is 0 Å². The minimum atomic E-state index is -0.889. The third-order valence-corrected chi connectivity index (χ3v) is 4.93. The van der Waals surface area contributed by atoms with Gasteiger partial charge in [0.05, 0.1) is 12.7 Å². The van der Waals surface area contributed by atoms with Gasteiger partial charge in [-0.1, -0.05) is 0 Å². The van der Waals surface area contributed by atoms with Crippen molar-refractivity contribution in [2.24, 2.45) is 17.3 Å². The van der Waals surface area contributed by atoms with Gasteiger partial charge in [0.15, 0.2) is 0 Å². The third kappa shape index (κ3) is 1.95. The predicted octanol–water partition coefficient (Wildman–Crippen LogP) is 0.559. The number of aliphatic hydroxyl groups excluding tert-OH is 1. The second-order valence-electron chi connectivity index (χ2n) is 6.08. The monoisotopic (exact) mass is 267 g/mol. The Morgan fingerprint density at radius 3 is 2.63 bits per heavy atom. The van der Waals surface area contributed by atoms with Crippen LogP contribution in [0, 0.1) is 17.3 Å². The molecule has 5 nitrogen and oxygen atoms in total. The van der Waals surface area contributed by atoms with E-state index < -0.39 is 5.41 Å². The lowest BCUT2D eigenvalue weighted by Crippen LogP contribution is -2.41. The molecule has 3 rings (SSSR count). The second kappa shape index (κ2) is 4.47. The number of hydrogen-bond acceptors (Lipinski definition) is 4. The molecule has 3 fully saturated rings. The zero-order valence-corrected chi connectivity index (χ0v) is 11.3. The molecule has 106 valence electrons. The Morgan fingerprint density at radius 2 is 2.05 bits per heavy atom. The summed E-state index contributed by atoms with van der Waals surface area (Å²) < 4.78 is 5.03. The van der Waals surface area contributed by atoms with Crippen LogP contribution in [0.5, 0.6) is 0 Å². The summed E-state index contributed by atoms with van der Waals surface area (Å²) >= 11 is 0. The molecular weight excluding hydrogens is 246 g/mol. The van der Waals surface area contributed by atoms with Gasteiger partial charge in [-0.2, -0.15) is 0 Å². The number of fused-ring (bicyclic) bond motifs is 1. The van der Waals surface area contributed by atoms with Gasteiger partial charge in [0.2, 0.25) is 5.91 Å². The lowest BCUT2D eigenvalue weighted by atomic mass is 10.00. The molecular formula is C14H21NO4. The molecule has 0 radical (unpaired) electrons. The molecule has 19 heavy (non-hydrogen) atoms. The van der Waals surface area contributed by atoms with E-state index in [0.717, 1.165) is 12.8 Å². The van der Waals surface area contributed by atoms with Crippen LogP contribution in [0.25, 0.3) is 0 Å². The van der Waals surface area contributed by atoms with Gasteiger partial charge in [-0.15, -0.1) is 0 Å². The van der Waals surface area contributed by atoms with Gasteiger partial charge in [0.1, 0.15) is 5.41 Å². The number of rotatable bonds is 3. The number of likely N-dealkylation sites (tertiary alicyclic amines) is 1. The molecule has 0 bridgehead atoms. The minimum Gasteiger partial charge on any atom is -0.465 e. The van der Waals surface area contributed by atoms with E-state index in [1.54, 1.807) is 11.8 Å². The first-order chi connectivity index (χ1) is 9.08. The van der Waals surface area contributed by atoms with E-state index >= 15 is 0 Å². The van der Waals surface area contributed by atoms with Crippen molar-refractivity contribution in [3.8, 4) is 0 Å². The van der Waals surface area contributed by atoms with Gasteiger partial charge in [-0.05, 0) is 38.5 Å². The number of ether oxygens (including phenoxy) is 1. The fourth-order valence-electron chi connectivity index (χ4n) is 3.60. The van der Waals surface area contributed by atoms with Crippen molar-refractivity contribution in [3.63, 3.8) is 0 Å². The molecule has 5 heteroatoms. The maximum absolute atomic E-state index is 12.5. The topological polar surface area (TPSA) is 66.8 Å². The molecule has 0 spiro atoms. The normalized spacial score (nSPS) is 35.1. The highest BCUT2D eigenvalue weighted by atomic mass is 16.5. The molecule has 1 saturated heterocycles. The Kier molecular flexibility index (Phi) is 3.04. The average Bonchev–Trinajstić information content (AvgIpc) is 2.98. The second-order valence-corrected chi connectivity index (χ2v) is 6.08. The first kappa shape index (κ1) is 12.9. The fraction of sp³-hybridized carbons (Fsp3) is 0.857. The number of hydrogen-bond donors (Lipinski definition) is 1. The zero-order chi connectivity index (χ0) is 13.6. The van der Waals surface area contributed by atoms with Gasteiger partial charge in [0, 0.05) is 19.0 Å². The summed E-state index contributed by atoms with van der Waals surface area (Å²) in [4.78, 5) is 26.2. The van der Waals surface area contributed by atoms with Crippen LogP contribution >= 0.6 is 0 Å². The highest BCUT2D eigenvalue weighted by molar-refractivity contribution is 6.05. The van der Waals surface area contributed by atoms with Crippen LogP contribution in [0.15, 0.2) is 0 Å². The summed E-state index contributed by atoms with van der Waals surface area (Å²) in [6, 6.07) is 0. The van der Waals surface area contributed by atoms with E-state index in [9.17, 15) is 14.7 Å². The van der Waals surface area contributed by atoms with Crippen molar-refractivity contribution in [3.05, 3.63) is 0 Å². The Bertz CT molecular complexity index is 404. The quantitative estimate of drug-likeness (QED) is 0.599. The molecule has 1 heterocycles. The van der Waals surface area contributed by atoms with Crippen LogP contribution in [0.2, 0.25) is 0 Å². The van der Waals surface area contributed by atoms with Crippen LogP contribution in [0.3, 0.4) is 0 Å². The molecule has 0 aromatic carbocycles. The summed E-state index contributed by atoms with van der Waals surface area (Å²) in [6.07, 6.45) is 2.78. The van der Waals surface area contributed by atoms with E-state index in [1.165, 1.54) is 0 Å². The smallest absolute Gasteiger partial charge is 0.321 e. The molecule has 2 aliphatic carbocycles. The van der Waals surface area contributed by atoms with Crippen molar-refractivity contribution in [2.75, 3.05) is 19.7 Å². The van der Waals surface area contributed by atoms with Crippen LogP contribution in [0.4, 0.5) is 0 Å².